The van der Waals surface area contributed by atoms with E-state index < -0.39 is 12.0 Å². The topological polar surface area (TPSA) is 117 Å². The minimum absolute atomic E-state index is 0.238. The van der Waals surface area contributed by atoms with Gasteiger partial charge >= 0.3 is 0 Å². The number of carbonyl (C=O) groups is 1. The number of pyridine rings is 1. The first-order chi connectivity index (χ1) is 17.0. The fourth-order valence-electron chi connectivity index (χ4n) is 3.65. The monoisotopic (exact) mass is 462 g/mol. The Kier molecular flexibility index (Phi) is 6.96. The number of amides is 1. The minimum atomic E-state index is -0.642. The molecule has 8 nitrogen and oxygen atoms in total. The second kappa shape index (κ2) is 10.4. The van der Waals surface area contributed by atoms with Gasteiger partial charge in [-0.2, -0.15) is 10.5 Å². The fourth-order valence-corrected chi connectivity index (χ4v) is 3.65. The Balaban J connectivity index is 1.71. The molecule has 4 aromatic rings. The highest BCUT2D eigenvalue weighted by Gasteiger charge is 2.25. The van der Waals surface area contributed by atoms with Crippen molar-refractivity contribution in [2.45, 2.75) is 19.6 Å². The van der Waals surface area contributed by atoms with E-state index in [1.807, 2.05) is 36.7 Å². The maximum atomic E-state index is 13.3. The van der Waals surface area contributed by atoms with E-state index in [0.717, 1.165) is 16.8 Å². The molecule has 0 spiro atoms. The van der Waals surface area contributed by atoms with E-state index in [1.165, 1.54) is 0 Å². The lowest BCUT2D eigenvalue weighted by atomic mass is 9.97. The molecule has 35 heavy (non-hydrogen) atoms. The number of benzene rings is 2. The zero-order chi connectivity index (χ0) is 24.8. The quantitative estimate of drug-likeness (QED) is 0.434. The average Bonchev–Trinajstić information content (AvgIpc) is 3.30. The summed E-state index contributed by atoms with van der Waals surface area (Å²) in [6.45, 7) is 2.15. The zero-order valence-corrected chi connectivity index (χ0v) is 19.3. The molecule has 1 amide bonds. The van der Waals surface area contributed by atoms with Gasteiger partial charge in [0.2, 0.25) is 0 Å². The number of imidazole rings is 1. The summed E-state index contributed by atoms with van der Waals surface area (Å²) in [6.07, 6.45) is 4.33. The second-order valence-electron chi connectivity index (χ2n) is 8.02. The molecule has 0 aliphatic heterocycles. The van der Waals surface area contributed by atoms with E-state index in [0.29, 0.717) is 28.1 Å². The Bertz CT molecular complexity index is 1440. The molecule has 1 unspecified atom stereocenters. The lowest BCUT2D eigenvalue weighted by molar-refractivity contribution is 0.0612. The Hall–Kier alpha value is -4.79. The van der Waals surface area contributed by atoms with Gasteiger partial charge in [-0.05, 0) is 60.0 Å². The standard InChI is InChI=1S/C27H22N6O2/c1-18-9-10-31-25(11-18)32-27(34)23-12-21(14-29)7-8-22(23)26(24-15-30-17-33(24)2)35-16-20-5-3-19(13-28)4-6-20/h3-12,15,17,26H,16H2,1-2H3,(H,31,32,34). The third-order valence-corrected chi connectivity index (χ3v) is 5.49. The van der Waals surface area contributed by atoms with E-state index in [9.17, 15) is 10.1 Å². The Labute approximate surface area is 203 Å². The summed E-state index contributed by atoms with van der Waals surface area (Å²) in [5.41, 5.74) is 4.38. The summed E-state index contributed by atoms with van der Waals surface area (Å²) < 4.78 is 8.15. The van der Waals surface area contributed by atoms with Gasteiger partial charge in [-0.15, -0.1) is 0 Å². The first kappa shape index (κ1) is 23.4. The summed E-state index contributed by atoms with van der Waals surface area (Å²) in [5, 5.41) is 21.3. The number of ether oxygens (including phenoxy) is 1. The molecular formula is C27H22N6O2. The molecule has 8 heteroatoms. The van der Waals surface area contributed by atoms with E-state index in [1.54, 1.807) is 55.1 Å². The summed E-state index contributed by atoms with van der Waals surface area (Å²) in [5.74, 6) is 0.0169. The number of nitrogens with zero attached hydrogens (tertiary/aromatic N) is 5. The highest BCUT2D eigenvalue weighted by molar-refractivity contribution is 6.05. The maximum Gasteiger partial charge on any atom is 0.257 e. The van der Waals surface area contributed by atoms with Crippen molar-refractivity contribution >= 4 is 11.7 Å². The summed E-state index contributed by atoms with van der Waals surface area (Å²) in [4.78, 5) is 21.8. The molecule has 2 heterocycles. The number of aromatic nitrogens is 3. The molecule has 1 atom stereocenters. The van der Waals surface area contributed by atoms with E-state index >= 15 is 0 Å². The van der Waals surface area contributed by atoms with Crippen LogP contribution in [0.5, 0.6) is 0 Å². The number of anilines is 1. The van der Waals surface area contributed by atoms with Gasteiger partial charge in [0, 0.05) is 18.8 Å². The molecule has 0 aliphatic carbocycles. The molecular weight excluding hydrogens is 440 g/mol. The van der Waals surface area contributed by atoms with Crippen molar-refractivity contribution in [2.75, 3.05) is 5.32 Å². The third kappa shape index (κ3) is 5.41. The molecule has 4 rings (SSSR count). The summed E-state index contributed by atoms with van der Waals surface area (Å²) in [7, 11) is 1.85. The predicted octanol–water partition coefficient (Wildman–Crippen LogP) is 4.43. The van der Waals surface area contributed by atoms with Gasteiger partial charge in [-0.1, -0.05) is 18.2 Å². The lowest BCUT2D eigenvalue weighted by Gasteiger charge is -2.22. The smallest absolute Gasteiger partial charge is 0.257 e. The summed E-state index contributed by atoms with van der Waals surface area (Å²) in [6, 6.07) is 19.9. The van der Waals surface area contributed by atoms with Crippen LogP contribution in [0.25, 0.3) is 0 Å². The number of aryl methyl sites for hydroxylation is 2. The van der Waals surface area contributed by atoms with Crippen molar-refractivity contribution in [1.29, 1.82) is 10.5 Å². The molecule has 2 aromatic heterocycles. The van der Waals surface area contributed by atoms with Crippen LogP contribution in [0.15, 0.2) is 73.3 Å². The van der Waals surface area contributed by atoms with Crippen molar-refractivity contribution in [1.82, 2.24) is 14.5 Å². The number of nitrogens with one attached hydrogen (secondary N) is 1. The average molecular weight is 463 g/mol. The van der Waals surface area contributed by atoms with Crippen LogP contribution in [0, 0.1) is 29.6 Å². The van der Waals surface area contributed by atoms with Crippen LogP contribution >= 0.6 is 0 Å². The number of rotatable bonds is 7. The van der Waals surface area contributed by atoms with Gasteiger partial charge in [-0.3, -0.25) is 4.79 Å². The molecule has 0 saturated heterocycles. The van der Waals surface area contributed by atoms with Gasteiger partial charge in [0.05, 0.1) is 48.1 Å². The van der Waals surface area contributed by atoms with E-state index in [4.69, 9.17) is 10.00 Å². The maximum absolute atomic E-state index is 13.3. The van der Waals surface area contributed by atoms with Gasteiger partial charge in [0.25, 0.3) is 5.91 Å². The van der Waals surface area contributed by atoms with Crippen LogP contribution in [0.2, 0.25) is 0 Å². The van der Waals surface area contributed by atoms with Gasteiger partial charge in [0.1, 0.15) is 11.9 Å². The zero-order valence-electron chi connectivity index (χ0n) is 19.3. The fraction of sp³-hybridized carbons (Fsp3) is 0.148. The van der Waals surface area contributed by atoms with Crippen LogP contribution in [0.4, 0.5) is 5.82 Å². The van der Waals surface area contributed by atoms with Crippen LogP contribution in [0.3, 0.4) is 0 Å². The van der Waals surface area contributed by atoms with Crippen molar-refractivity contribution in [3.8, 4) is 12.1 Å². The minimum Gasteiger partial charge on any atom is -0.362 e. The molecule has 0 radical (unpaired) electrons. The number of hydrogen-bond acceptors (Lipinski definition) is 6. The van der Waals surface area contributed by atoms with Crippen molar-refractivity contribution in [3.05, 3.63) is 112 Å². The van der Waals surface area contributed by atoms with Gasteiger partial charge < -0.3 is 14.6 Å². The molecule has 0 saturated carbocycles. The lowest BCUT2D eigenvalue weighted by Crippen LogP contribution is -2.19. The van der Waals surface area contributed by atoms with Crippen molar-refractivity contribution in [2.24, 2.45) is 7.05 Å². The van der Waals surface area contributed by atoms with E-state index in [2.05, 4.69) is 27.4 Å². The van der Waals surface area contributed by atoms with Crippen LogP contribution in [-0.4, -0.2) is 20.4 Å². The highest BCUT2D eigenvalue weighted by Crippen LogP contribution is 2.31. The van der Waals surface area contributed by atoms with Crippen molar-refractivity contribution in [3.63, 3.8) is 0 Å². The Morgan fingerprint density at radius 3 is 2.49 bits per heavy atom. The normalized spacial score (nSPS) is 11.3. The Morgan fingerprint density at radius 1 is 1.09 bits per heavy atom. The molecule has 0 fully saturated rings. The molecule has 0 bridgehead atoms. The highest BCUT2D eigenvalue weighted by atomic mass is 16.5. The van der Waals surface area contributed by atoms with Gasteiger partial charge in [0.15, 0.2) is 0 Å². The van der Waals surface area contributed by atoms with E-state index in [-0.39, 0.29) is 6.61 Å². The van der Waals surface area contributed by atoms with Crippen molar-refractivity contribution < 1.29 is 9.53 Å². The second-order valence-corrected chi connectivity index (χ2v) is 8.02. The SMILES string of the molecule is Cc1ccnc(NC(=O)c2cc(C#N)ccc2C(OCc2ccc(C#N)cc2)c2cncn2C)c1. The summed E-state index contributed by atoms with van der Waals surface area (Å²) >= 11 is 0. The first-order valence-electron chi connectivity index (χ1n) is 10.8. The predicted molar refractivity (Wildman–Crippen MR) is 129 cm³/mol. The molecule has 1 N–H and O–H groups in total. The largest absolute Gasteiger partial charge is 0.362 e. The van der Waals surface area contributed by atoms with Crippen LogP contribution < -0.4 is 5.32 Å². The van der Waals surface area contributed by atoms with Crippen LogP contribution in [0.1, 0.15) is 50.0 Å². The molecule has 2 aromatic carbocycles. The molecule has 172 valence electrons. The number of hydrogen-bond donors (Lipinski definition) is 1. The van der Waals surface area contributed by atoms with Crippen LogP contribution in [-0.2, 0) is 18.4 Å². The first-order valence-corrected chi connectivity index (χ1v) is 10.8. The molecule has 0 aliphatic rings. The third-order valence-electron chi connectivity index (χ3n) is 5.49. The number of carbonyl (C=O) groups excluding carboxylic acids is 1. The number of nitriles is 2. The Morgan fingerprint density at radius 2 is 1.83 bits per heavy atom. The van der Waals surface area contributed by atoms with Gasteiger partial charge in [-0.25, -0.2) is 9.97 Å².